The quantitative estimate of drug-likeness (QED) is 0.230. The van der Waals surface area contributed by atoms with E-state index in [2.05, 4.69) is 9.88 Å². The zero-order chi connectivity index (χ0) is 24.5. The molecule has 0 aliphatic carbocycles. The van der Waals surface area contributed by atoms with E-state index in [1.54, 1.807) is 18.7 Å². The zero-order valence-electron chi connectivity index (χ0n) is 19.2. The Morgan fingerprint density at radius 2 is 2.18 bits per heavy atom. The van der Waals surface area contributed by atoms with Crippen LogP contribution in [0, 0.1) is 11.8 Å². The predicted molar refractivity (Wildman–Crippen MR) is 122 cm³/mol. The first-order valence-electron chi connectivity index (χ1n) is 11.1. The molecule has 6 atom stereocenters. The second kappa shape index (κ2) is 8.36. The maximum absolute atomic E-state index is 12.6. The Labute approximate surface area is 204 Å². The Hall–Kier alpha value is -2.41. The summed E-state index contributed by atoms with van der Waals surface area (Å²) in [5, 5.41) is 26.4. The molecule has 3 aliphatic rings. The number of rotatable bonds is 6. The van der Waals surface area contributed by atoms with Crippen molar-refractivity contribution in [3.05, 3.63) is 23.1 Å². The molecule has 2 fully saturated rings. The number of carbonyl (C=O) groups is 3. The summed E-state index contributed by atoms with van der Waals surface area (Å²) in [6, 6.07) is -0.650. The van der Waals surface area contributed by atoms with Crippen molar-refractivity contribution in [2.75, 3.05) is 19.9 Å². The van der Waals surface area contributed by atoms with E-state index in [4.69, 9.17) is 4.74 Å². The van der Waals surface area contributed by atoms with Crippen LogP contribution in [-0.2, 0) is 19.1 Å². The molecule has 2 aromatic rings. The Morgan fingerprint density at radius 3 is 2.79 bits per heavy atom. The normalized spacial score (nSPS) is 29.5. The van der Waals surface area contributed by atoms with Crippen LogP contribution >= 0.6 is 23.1 Å². The molecule has 12 heteroatoms. The lowest BCUT2D eigenvalue weighted by Crippen LogP contribution is -2.64. The molecule has 1 amide bonds. The van der Waals surface area contributed by atoms with E-state index in [0.29, 0.717) is 18.5 Å². The van der Waals surface area contributed by atoms with Gasteiger partial charge in [-0.2, -0.15) is 4.40 Å². The van der Waals surface area contributed by atoms with Gasteiger partial charge in [-0.1, -0.05) is 30.0 Å². The number of imidazole rings is 1. The number of carbonyl (C=O) groups excluding carboxylic acids is 3. The Morgan fingerprint density at radius 1 is 1.44 bits per heavy atom. The van der Waals surface area contributed by atoms with Gasteiger partial charge >= 0.3 is 5.97 Å². The molecular formula is C22H26N4O6S2. The number of thioether (sulfide) groups is 1. The second-order valence-electron chi connectivity index (χ2n) is 9.02. The number of hydrogen-bond acceptors (Lipinski definition) is 9. The van der Waals surface area contributed by atoms with Crippen LogP contribution in [0.1, 0.15) is 31.2 Å². The number of aliphatic hydroxyl groups is 1. The first kappa shape index (κ1) is 23.3. The number of ether oxygens (including phenoxy) is 1. The standard InChI is InChI=1S/C22H26N4O6S2/c1-9-14(17(21(29)30)26-16(9)15(10(2)27)18(26)28)13-7-24-8-25(20(33-4)19(24)34-13)11-5-12(23-6-11)22(31)32-3/h7-12,15-16,23,27H,5-6H2,1-4H3/t9-,10+,11-,12-,15+,16+/m0/s1. The molecule has 0 unspecified atom stereocenters. The van der Waals surface area contributed by atoms with E-state index in [0.717, 1.165) is 14.7 Å². The summed E-state index contributed by atoms with van der Waals surface area (Å²) in [7, 11) is 1.38. The number of nitrogens with zero attached hydrogens (tertiary/aromatic N) is 3. The summed E-state index contributed by atoms with van der Waals surface area (Å²) < 4.78 is 8.97. The molecule has 0 saturated carbocycles. The SMILES string of the molecule is COC(=O)[C@@H]1C[C@H]([n+]2cn3cc(C4=C(C(=O)[O-])N5C(=O)[C@H]([C@@H](C)O)[C@H]5[C@H]4C)sc3c2SC)CN1. The number of β-lactam (4-membered cyclic amide) rings is 1. The molecule has 0 aromatic carbocycles. The third kappa shape index (κ3) is 3.23. The third-order valence-corrected chi connectivity index (χ3v) is 9.24. The number of hydrogen-bond donors (Lipinski definition) is 2. The fourth-order valence-electron chi connectivity index (χ4n) is 5.62. The highest BCUT2D eigenvalue weighted by Gasteiger charge is 2.59. The molecule has 2 saturated heterocycles. The molecule has 2 N–H and O–H groups in total. The number of carboxylic acids is 1. The molecule has 10 nitrogen and oxygen atoms in total. The van der Waals surface area contributed by atoms with Crippen LogP contribution in [0.3, 0.4) is 0 Å². The molecule has 3 aliphatic heterocycles. The summed E-state index contributed by atoms with van der Waals surface area (Å²) >= 11 is 3.05. The average Bonchev–Trinajstić information content (AvgIpc) is 3.52. The lowest BCUT2D eigenvalue weighted by Gasteiger charge is -2.47. The van der Waals surface area contributed by atoms with Crippen molar-refractivity contribution in [3.8, 4) is 0 Å². The van der Waals surface area contributed by atoms with Crippen molar-refractivity contribution in [1.29, 1.82) is 0 Å². The van der Waals surface area contributed by atoms with Gasteiger partial charge in [-0.05, 0) is 13.2 Å². The number of amides is 1. The van der Waals surface area contributed by atoms with Crippen LogP contribution in [-0.4, -0.2) is 70.4 Å². The molecule has 34 heavy (non-hydrogen) atoms. The second-order valence-corrected chi connectivity index (χ2v) is 10.8. The van der Waals surface area contributed by atoms with E-state index in [9.17, 15) is 24.6 Å². The van der Waals surface area contributed by atoms with E-state index >= 15 is 0 Å². The maximum Gasteiger partial charge on any atom is 0.323 e. The fourth-order valence-corrected chi connectivity index (χ4v) is 7.84. The van der Waals surface area contributed by atoms with Gasteiger partial charge in [0.2, 0.25) is 15.8 Å². The van der Waals surface area contributed by atoms with Crippen molar-refractivity contribution in [1.82, 2.24) is 14.6 Å². The summed E-state index contributed by atoms with van der Waals surface area (Å²) in [6.45, 7) is 4.09. The van der Waals surface area contributed by atoms with Gasteiger partial charge in [0.1, 0.15) is 18.3 Å². The highest BCUT2D eigenvalue weighted by Crippen LogP contribution is 2.51. The van der Waals surface area contributed by atoms with Crippen LogP contribution in [0.25, 0.3) is 10.4 Å². The number of aromatic nitrogens is 2. The first-order chi connectivity index (χ1) is 16.2. The largest absolute Gasteiger partial charge is 0.543 e. The number of fused-ring (bicyclic) bond motifs is 2. The average molecular weight is 507 g/mol. The molecular weight excluding hydrogens is 480 g/mol. The number of methoxy groups -OCH3 is 1. The van der Waals surface area contributed by atoms with E-state index in [1.165, 1.54) is 23.3 Å². The number of aliphatic hydroxyl groups excluding tert-OH is 1. The lowest BCUT2D eigenvalue weighted by atomic mass is 9.77. The van der Waals surface area contributed by atoms with Crippen molar-refractivity contribution >= 4 is 51.3 Å². The van der Waals surface area contributed by atoms with E-state index < -0.39 is 18.0 Å². The van der Waals surface area contributed by atoms with Gasteiger partial charge in [0, 0.05) is 24.5 Å². The van der Waals surface area contributed by atoms with Gasteiger partial charge in [-0.15, -0.1) is 0 Å². The Bertz CT molecular complexity index is 1230. The molecule has 182 valence electrons. The van der Waals surface area contributed by atoms with Gasteiger partial charge in [0.15, 0.2) is 0 Å². The molecule has 0 radical (unpaired) electrons. The van der Waals surface area contributed by atoms with E-state index in [-0.39, 0.29) is 41.6 Å². The number of carboxylic acid groups (broad SMARTS) is 1. The maximum atomic E-state index is 12.6. The smallest absolute Gasteiger partial charge is 0.323 e. The minimum Gasteiger partial charge on any atom is -0.543 e. The summed E-state index contributed by atoms with van der Waals surface area (Å²) in [5.74, 6) is -2.90. The predicted octanol–water partition coefficient (Wildman–Crippen LogP) is -0.595. The van der Waals surface area contributed by atoms with E-state index in [1.807, 2.05) is 30.1 Å². The number of nitrogens with one attached hydrogen (secondary N) is 1. The Balaban J connectivity index is 1.52. The summed E-state index contributed by atoms with van der Waals surface area (Å²) in [4.78, 5) is 39.6. The minimum atomic E-state index is -1.38. The minimum absolute atomic E-state index is 0.0804. The molecule has 5 heterocycles. The van der Waals surface area contributed by atoms with Crippen molar-refractivity contribution in [2.45, 2.75) is 49.5 Å². The molecule has 5 rings (SSSR count). The number of esters is 1. The van der Waals surface area contributed by atoms with Crippen molar-refractivity contribution < 1.29 is 33.9 Å². The van der Waals surface area contributed by atoms with Crippen molar-refractivity contribution in [3.63, 3.8) is 0 Å². The lowest BCUT2D eigenvalue weighted by molar-refractivity contribution is -0.750. The topological polar surface area (TPSA) is 127 Å². The van der Waals surface area contributed by atoms with Crippen LogP contribution in [0.5, 0.6) is 0 Å². The van der Waals surface area contributed by atoms with Crippen LogP contribution in [0.15, 0.2) is 23.2 Å². The molecule has 0 bridgehead atoms. The van der Waals surface area contributed by atoms with Gasteiger partial charge in [-0.25, -0.2) is 4.57 Å². The van der Waals surface area contributed by atoms with Gasteiger partial charge in [-0.3, -0.25) is 9.59 Å². The molecule has 0 spiro atoms. The monoisotopic (exact) mass is 506 g/mol. The number of thiazole rings is 1. The Kier molecular flexibility index (Phi) is 5.74. The molecule has 2 aromatic heterocycles. The van der Waals surface area contributed by atoms with Gasteiger partial charge in [0.05, 0.1) is 41.7 Å². The van der Waals surface area contributed by atoms with Crippen LogP contribution in [0.2, 0.25) is 0 Å². The van der Waals surface area contributed by atoms with Crippen molar-refractivity contribution in [2.24, 2.45) is 11.8 Å². The van der Waals surface area contributed by atoms with Gasteiger partial charge < -0.3 is 30.0 Å². The summed E-state index contributed by atoms with van der Waals surface area (Å²) in [5.41, 5.74) is 0.477. The third-order valence-electron chi connectivity index (χ3n) is 7.17. The summed E-state index contributed by atoms with van der Waals surface area (Å²) in [6.07, 6.45) is 5.59. The fraction of sp³-hybridized carbons (Fsp3) is 0.545. The zero-order valence-corrected chi connectivity index (χ0v) is 20.8. The van der Waals surface area contributed by atoms with Crippen LogP contribution < -0.4 is 15.0 Å². The van der Waals surface area contributed by atoms with Gasteiger partial charge in [0.25, 0.3) is 6.33 Å². The highest BCUT2D eigenvalue weighted by molar-refractivity contribution is 7.98. The number of aliphatic carboxylic acids is 1. The first-order valence-corrected chi connectivity index (χ1v) is 13.1. The highest BCUT2D eigenvalue weighted by atomic mass is 32.2. The van der Waals surface area contributed by atoms with Crippen LogP contribution in [0.4, 0.5) is 0 Å².